The Morgan fingerprint density at radius 3 is 2.44 bits per heavy atom. The maximum atomic E-state index is 12.5. The van der Waals surface area contributed by atoms with Crippen molar-refractivity contribution < 1.29 is 28.2 Å². The van der Waals surface area contributed by atoms with Gasteiger partial charge in [-0.1, -0.05) is 0 Å². The monoisotopic (exact) mass is 233 g/mol. The minimum atomic E-state index is -2.95. The lowest BCUT2D eigenvalue weighted by molar-refractivity contribution is 0.0675. The van der Waals surface area contributed by atoms with E-state index in [-0.39, 0.29) is 11.6 Å². The summed E-state index contributed by atoms with van der Waals surface area (Å²) in [5.41, 5.74) is -1.45. The third-order valence-electron chi connectivity index (χ3n) is 1.84. The van der Waals surface area contributed by atoms with Crippen LogP contribution in [0.1, 0.15) is 22.5 Å². The lowest BCUT2D eigenvalue weighted by atomic mass is 10.2. The Morgan fingerprint density at radius 2 is 2.06 bits per heavy atom. The molecular formula is C9H9F2NO4. The highest BCUT2D eigenvalue weighted by Gasteiger charge is 2.23. The van der Waals surface area contributed by atoms with E-state index in [1.165, 1.54) is 14.2 Å². The standard InChI is InChI=1S/C9H9F2NO4/c1-15-5-3-4(7(10)11)6(9(13)14)12-8(5)16-2/h3,7H,1-2H3,(H,13,14). The van der Waals surface area contributed by atoms with Crippen LogP contribution in [0.4, 0.5) is 8.78 Å². The van der Waals surface area contributed by atoms with E-state index in [0.717, 1.165) is 6.07 Å². The van der Waals surface area contributed by atoms with Crippen LogP contribution in [0.5, 0.6) is 11.6 Å². The third kappa shape index (κ3) is 2.18. The molecule has 1 aromatic heterocycles. The molecule has 1 rings (SSSR count). The Hall–Kier alpha value is -1.92. The molecule has 7 heteroatoms. The number of rotatable bonds is 4. The summed E-state index contributed by atoms with van der Waals surface area (Å²) in [5, 5.41) is 8.71. The molecule has 0 aliphatic heterocycles. The lowest BCUT2D eigenvalue weighted by Crippen LogP contribution is -2.08. The molecule has 1 heterocycles. The van der Waals surface area contributed by atoms with E-state index in [9.17, 15) is 13.6 Å². The minimum absolute atomic E-state index is 0.0391. The van der Waals surface area contributed by atoms with Gasteiger partial charge in [-0.2, -0.15) is 0 Å². The quantitative estimate of drug-likeness (QED) is 0.857. The van der Waals surface area contributed by atoms with Gasteiger partial charge in [-0.15, -0.1) is 0 Å². The van der Waals surface area contributed by atoms with Crippen LogP contribution in [-0.2, 0) is 0 Å². The molecule has 1 aromatic rings. The smallest absolute Gasteiger partial charge is 0.355 e. The number of carbonyl (C=O) groups is 1. The van der Waals surface area contributed by atoms with Crippen molar-refractivity contribution in [2.45, 2.75) is 6.43 Å². The number of aromatic carboxylic acids is 1. The molecule has 0 unspecified atom stereocenters. The highest BCUT2D eigenvalue weighted by atomic mass is 19.3. The van der Waals surface area contributed by atoms with E-state index in [1.807, 2.05) is 0 Å². The van der Waals surface area contributed by atoms with Crippen LogP contribution in [0.25, 0.3) is 0 Å². The van der Waals surface area contributed by atoms with Gasteiger partial charge in [0.2, 0.25) is 0 Å². The van der Waals surface area contributed by atoms with E-state index < -0.39 is 23.7 Å². The Morgan fingerprint density at radius 1 is 1.44 bits per heavy atom. The van der Waals surface area contributed by atoms with Crippen molar-refractivity contribution in [3.8, 4) is 11.6 Å². The van der Waals surface area contributed by atoms with Crippen molar-refractivity contribution in [1.82, 2.24) is 4.98 Å². The number of carboxylic acids is 1. The van der Waals surface area contributed by atoms with Gasteiger partial charge in [0, 0.05) is 0 Å². The molecule has 0 aromatic carbocycles. The number of hydrogen-bond acceptors (Lipinski definition) is 4. The summed E-state index contributed by atoms with van der Waals surface area (Å²) in [5.74, 6) is -1.73. The topological polar surface area (TPSA) is 68.7 Å². The average Bonchev–Trinajstić information content (AvgIpc) is 2.26. The van der Waals surface area contributed by atoms with Gasteiger partial charge < -0.3 is 14.6 Å². The predicted molar refractivity (Wildman–Crippen MR) is 49.3 cm³/mol. The fraction of sp³-hybridized carbons (Fsp3) is 0.333. The molecule has 0 radical (unpaired) electrons. The molecule has 1 N–H and O–H groups in total. The van der Waals surface area contributed by atoms with Gasteiger partial charge in [-0.25, -0.2) is 18.6 Å². The fourth-order valence-electron chi connectivity index (χ4n) is 1.12. The maximum Gasteiger partial charge on any atom is 0.355 e. The van der Waals surface area contributed by atoms with E-state index in [2.05, 4.69) is 4.98 Å². The first-order valence-corrected chi connectivity index (χ1v) is 4.15. The first kappa shape index (κ1) is 12.2. The molecule has 88 valence electrons. The van der Waals surface area contributed by atoms with Crippen molar-refractivity contribution in [2.75, 3.05) is 14.2 Å². The van der Waals surface area contributed by atoms with Gasteiger partial charge in [0.15, 0.2) is 11.4 Å². The number of halogens is 2. The van der Waals surface area contributed by atoms with Crippen LogP contribution >= 0.6 is 0 Å². The second-order valence-corrected chi connectivity index (χ2v) is 2.74. The van der Waals surface area contributed by atoms with Crippen LogP contribution < -0.4 is 9.47 Å². The molecule has 0 bridgehead atoms. The van der Waals surface area contributed by atoms with E-state index in [1.54, 1.807) is 0 Å². The molecule has 5 nitrogen and oxygen atoms in total. The fourth-order valence-corrected chi connectivity index (χ4v) is 1.12. The van der Waals surface area contributed by atoms with Crippen LogP contribution in [0.15, 0.2) is 6.07 Å². The van der Waals surface area contributed by atoms with Crippen molar-refractivity contribution in [2.24, 2.45) is 0 Å². The highest BCUT2D eigenvalue weighted by molar-refractivity contribution is 5.87. The normalized spacial score (nSPS) is 10.3. The summed E-state index contributed by atoms with van der Waals surface area (Å²) in [4.78, 5) is 14.2. The summed E-state index contributed by atoms with van der Waals surface area (Å²) >= 11 is 0. The Balaban J connectivity index is 3.41. The van der Waals surface area contributed by atoms with Crippen LogP contribution in [0.3, 0.4) is 0 Å². The second kappa shape index (κ2) is 4.73. The first-order chi connectivity index (χ1) is 7.51. The lowest BCUT2D eigenvalue weighted by Gasteiger charge is -2.10. The molecule has 0 atom stereocenters. The number of methoxy groups -OCH3 is 2. The number of ether oxygens (including phenoxy) is 2. The second-order valence-electron chi connectivity index (χ2n) is 2.74. The van der Waals surface area contributed by atoms with Crippen molar-refractivity contribution in [3.05, 3.63) is 17.3 Å². The summed E-state index contributed by atoms with van der Waals surface area (Å²) in [7, 11) is 2.48. The summed E-state index contributed by atoms with van der Waals surface area (Å²) in [6.45, 7) is 0. The summed E-state index contributed by atoms with van der Waals surface area (Å²) < 4.78 is 34.5. The van der Waals surface area contributed by atoms with Gasteiger partial charge in [-0.3, -0.25) is 0 Å². The SMILES string of the molecule is COc1cc(C(F)F)c(C(=O)O)nc1OC. The first-order valence-electron chi connectivity index (χ1n) is 4.15. The molecule has 0 saturated carbocycles. The van der Waals surface area contributed by atoms with Crippen LogP contribution in [-0.4, -0.2) is 30.3 Å². The molecule has 16 heavy (non-hydrogen) atoms. The number of nitrogens with zero attached hydrogens (tertiary/aromatic N) is 1. The third-order valence-corrected chi connectivity index (χ3v) is 1.84. The Labute approximate surface area is 89.6 Å². The molecule has 0 fully saturated rings. The molecule has 0 amide bonds. The van der Waals surface area contributed by atoms with Crippen molar-refractivity contribution in [3.63, 3.8) is 0 Å². The zero-order chi connectivity index (χ0) is 12.3. The van der Waals surface area contributed by atoms with Gasteiger partial charge in [0.25, 0.3) is 12.3 Å². The summed E-state index contributed by atoms with van der Waals surface area (Å²) in [6.07, 6.45) is -2.95. The van der Waals surface area contributed by atoms with Gasteiger partial charge in [0.1, 0.15) is 0 Å². The van der Waals surface area contributed by atoms with E-state index in [0.29, 0.717) is 0 Å². The zero-order valence-electron chi connectivity index (χ0n) is 8.53. The predicted octanol–water partition coefficient (Wildman–Crippen LogP) is 1.73. The zero-order valence-corrected chi connectivity index (χ0v) is 8.53. The average molecular weight is 233 g/mol. The number of carboxylic acid groups (broad SMARTS) is 1. The van der Waals surface area contributed by atoms with Gasteiger partial charge in [0.05, 0.1) is 19.8 Å². The molecule has 0 aliphatic carbocycles. The maximum absolute atomic E-state index is 12.5. The number of hydrogen-bond donors (Lipinski definition) is 1. The summed E-state index contributed by atoms with van der Waals surface area (Å²) in [6, 6.07) is 0.903. The van der Waals surface area contributed by atoms with Gasteiger partial charge >= 0.3 is 5.97 Å². The molecule has 0 spiro atoms. The molecule has 0 saturated heterocycles. The number of pyridine rings is 1. The highest BCUT2D eigenvalue weighted by Crippen LogP contribution is 2.32. The largest absolute Gasteiger partial charge is 0.491 e. The number of aromatic nitrogens is 1. The number of alkyl halides is 2. The minimum Gasteiger partial charge on any atom is -0.491 e. The molecular weight excluding hydrogens is 224 g/mol. The Bertz CT molecular complexity index is 409. The van der Waals surface area contributed by atoms with E-state index in [4.69, 9.17) is 14.6 Å². The van der Waals surface area contributed by atoms with Crippen LogP contribution in [0, 0.1) is 0 Å². The molecule has 0 aliphatic rings. The van der Waals surface area contributed by atoms with Crippen molar-refractivity contribution in [1.29, 1.82) is 0 Å². The van der Waals surface area contributed by atoms with Crippen molar-refractivity contribution >= 4 is 5.97 Å². The van der Waals surface area contributed by atoms with Gasteiger partial charge in [-0.05, 0) is 6.07 Å². The Kier molecular flexibility index (Phi) is 3.60. The van der Waals surface area contributed by atoms with Crippen LogP contribution in [0.2, 0.25) is 0 Å². The van der Waals surface area contributed by atoms with E-state index >= 15 is 0 Å².